The van der Waals surface area contributed by atoms with Gasteiger partial charge in [0.25, 0.3) is 0 Å². The highest BCUT2D eigenvalue weighted by atomic mass is 15.6. The summed E-state index contributed by atoms with van der Waals surface area (Å²) in [4.78, 5) is 1.94. The number of fused-ring (bicyclic) bond motifs is 1. The summed E-state index contributed by atoms with van der Waals surface area (Å²) in [5.41, 5.74) is 5.97. The van der Waals surface area contributed by atoms with E-state index in [0.29, 0.717) is 0 Å². The van der Waals surface area contributed by atoms with Gasteiger partial charge in [-0.2, -0.15) is 4.79 Å². The third kappa shape index (κ3) is 1.93. The normalized spacial score (nSPS) is 21.0. The smallest absolute Gasteiger partial charge is 0.0881 e. The molecule has 1 saturated carbocycles. The van der Waals surface area contributed by atoms with Gasteiger partial charge in [0.2, 0.25) is 0 Å². The zero-order chi connectivity index (χ0) is 10.8. The molecule has 4 heteroatoms. The first-order chi connectivity index (χ1) is 7.93. The molecule has 1 aromatic rings. The molecular weight excluding hydrogens is 200 g/mol. The summed E-state index contributed by atoms with van der Waals surface area (Å²) >= 11 is 0. The molecule has 0 unspecified atom stereocenters. The quantitative estimate of drug-likeness (QED) is 0.846. The number of rotatable bonds is 3. The Morgan fingerprint density at radius 1 is 1.12 bits per heavy atom. The van der Waals surface area contributed by atoms with Crippen LogP contribution in [0.3, 0.4) is 0 Å². The highest BCUT2D eigenvalue weighted by Gasteiger charge is 2.18. The van der Waals surface area contributed by atoms with E-state index in [4.69, 9.17) is 0 Å². The topological polar surface area (TPSA) is 42.7 Å². The molecule has 0 amide bonds. The SMILES string of the molecule is C1CCc2c(nnn2NCC2CCCC2)C1. The van der Waals surface area contributed by atoms with Crippen LogP contribution in [0.4, 0.5) is 0 Å². The summed E-state index contributed by atoms with van der Waals surface area (Å²) in [6, 6.07) is 0. The van der Waals surface area contributed by atoms with E-state index in [1.54, 1.807) is 0 Å². The molecule has 16 heavy (non-hydrogen) atoms. The highest BCUT2D eigenvalue weighted by Crippen LogP contribution is 2.24. The Hall–Kier alpha value is -1.06. The lowest BCUT2D eigenvalue weighted by atomic mass is 10.0. The first kappa shape index (κ1) is 10.1. The first-order valence-corrected chi connectivity index (χ1v) is 6.61. The molecular formula is C12H20N4. The van der Waals surface area contributed by atoms with Gasteiger partial charge in [-0.15, -0.1) is 5.10 Å². The zero-order valence-electron chi connectivity index (χ0n) is 9.78. The predicted octanol–water partition coefficient (Wildman–Crippen LogP) is 1.89. The van der Waals surface area contributed by atoms with Crippen molar-refractivity contribution in [3.8, 4) is 0 Å². The van der Waals surface area contributed by atoms with Crippen molar-refractivity contribution in [2.45, 2.75) is 51.4 Å². The summed E-state index contributed by atoms with van der Waals surface area (Å²) < 4.78 is 0. The minimum absolute atomic E-state index is 0.850. The molecule has 0 atom stereocenters. The molecule has 4 nitrogen and oxygen atoms in total. The largest absolute Gasteiger partial charge is 0.308 e. The van der Waals surface area contributed by atoms with Crippen LogP contribution in [0.1, 0.15) is 49.9 Å². The van der Waals surface area contributed by atoms with Crippen molar-refractivity contribution in [2.75, 3.05) is 12.0 Å². The van der Waals surface area contributed by atoms with Crippen LogP contribution in [0.2, 0.25) is 0 Å². The zero-order valence-corrected chi connectivity index (χ0v) is 9.78. The van der Waals surface area contributed by atoms with Gasteiger partial charge in [0.1, 0.15) is 0 Å². The van der Waals surface area contributed by atoms with Crippen LogP contribution >= 0.6 is 0 Å². The summed E-state index contributed by atoms with van der Waals surface area (Å²) in [5.74, 6) is 0.850. The summed E-state index contributed by atoms with van der Waals surface area (Å²) in [5, 5.41) is 8.47. The fraction of sp³-hybridized carbons (Fsp3) is 0.833. The van der Waals surface area contributed by atoms with Gasteiger partial charge in [-0.1, -0.05) is 12.8 Å². The molecule has 0 radical (unpaired) electrons. The lowest BCUT2D eigenvalue weighted by Crippen LogP contribution is -2.24. The molecule has 3 rings (SSSR count). The molecule has 0 saturated heterocycles. The molecule has 2 aliphatic rings. The van der Waals surface area contributed by atoms with E-state index >= 15 is 0 Å². The molecule has 88 valence electrons. The third-order valence-electron chi connectivity index (χ3n) is 3.93. The van der Waals surface area contributed by atoms with Gasteiger partial charge < -0.3 is 5.43 Å². The Morgan fingerprint density at radius 2 is 1.94 bits per heavy atom. The second kappa shape index (κ2) is 4.44. The third-order valence-corrected chi connectivity index (χ3v) is 3.93. The number of nitrogens with one attached hydrogen (secondary N) is 1. The number of nitrogens with zero attached hydrogens (tertiary/aromatic N) is 3. The number of aromatic nitrogens is 3. The number of aryl methyl sites for hydroxylation is 1. The van der Waals surface area contributed by atoms with E-state index in [9.17, 15) is 0 Å². The monoisotopic (exact) mass is 220 g/mol. The van der Waals surface area contributed by atoms with E-state index in [2.05, 4.69) is 15.7 Å². The second-order valence-corrected chi connectivity index (χ2v) is 5.11. The minimum Gasteiger partial charge on any atom is -0.308 e. The van der Waals surface area contributed by atoms with Crippen molar-refractivity contribution in [3.05, 3.63) is 11.4 Å². The van der Waals surface area contributed by atoms with Crippen LogP contribution in [0.5, 0.6) is 0 Å². The Balaban J connectivity index is 1.63. The van der Waals surface area contributed by atoms with Gasteiger partial charge in [-0.05, 0) is 49.7 Å². The molecule has 1 heterocycles. The Kier molecular flexibility index (Phi) is 2.80. The van der Waals surface area contributed by atoms with Gasteiger partial charge in [0.05, 0.1) is 11.4 Å². The van der Waals surface area contributed by atoms with Crippen molar-refractivity contribution >= 4 is 0 Å². The maximum absolute atomic E-state index is 4.25. The predicted molar refractivity (Wildman–Crippen MR) is 62.8 cm³/mol. The fourth-order valence-electron chi connectivity index (χ4n) is 2.92. The Bertz CT molecular complexity index is 352. The highest BCUT2D eigenvalue weighted by molar-refractivity contribution is 5.14. The average Bonchev–Trinajstić information content (AvgIpc) is 2.96. The average molecular weight is 220 g/mol. The Morgan fingerprint density at radius 3 is 2.81 bits per heavy atom. The van der Waals surface area contributed by atoms with E-state index in [1.165, 1.54) is 49.9 Å². The molecule has 1 N–H and O–H groups in total. The standard InChI is InChI=1S/C12H20N4/c1-2-6-10(5-1)9-13-16-12-8-4-3-7-11(12)14-15-16/h10,13H,1-9H2. The van der Waals surface area contributed by atoms with Crippen LogP contribution in [0.25, 0.3) is 0 Å². The van der Waals surface area contributed by atoms with E-state index in [0.717, 1.165) is 25.3 Å². The van der Waals surface area contributed by atoms with Crippen molar-refractivity contribution in [3.63, 3.8) is 0 Å². The van der Waals surface area contributed by atoms with Crippen LogP contribution in [-0.2, 0) is 12.8 Å². The van der Waals surface area contributed by atoms with Crippen LogP contribution in [0, 0.1) is 5.92 Å². The van der Waals surface area contributed by atoms with Crippen molar-refractivity contribution in [1.82, 2.24) is 15.1 Å². The minimum atomic E-state index is 0.850. The van der Waals surface area contributed by atoms with Gasteiger partial charge in [-0.3, -0.25) is 0 Å². The fourth-order valence-corrected chi connectivity index (χ4v) is 2.92. The van der Waals surface area contributed by atoms with E-state index < -0.39 is 0 Å². The maximum atomic E-state index is 4.25. The molecule has 0 aliphatic heterocycles. The molecule has 0 spiro atoms. The summed E-state index contributed by atoms with van der Waals surface area (Å²) in [6.45, 7) is 1.07. The maximum Gasteiger partial charge on any atom is 0.0881 e. The lowest BCUT2D eigenvalue weighted by molar-refractivity contribution is 0.525. The molecule has 2 aliphatic carbocycles. The molecule has 1 aromatic heterocycles. The van der Waals surface area contributed by atoms with Gasteiger partial charge in [0.15, 0.2) is 0 Å². The van der Waals surface area contributed by atoms with E-state index in [1.807, 2.05) is 4.79 Å². The van der Waals surface area contributed by atoms with E-state index in [-0.39, 0.29) is 0 Å². The van der Waals surface area contributed by atoms with Crippen LogP contribution < -0.4 is 5.43 Å². The van der Waals surface area contributed by atoms with Crippen molar-refractivity contribution in [2.24, 2.45) is 5.92 Å². The molecule has 1 fully saturated rings. The second-order valence-electron chi connectivity index (χ2n) is 5.11. The van der Waals surface area contributed by atoms with Gasteiger partial charge in [-0.25, -0.2) is 0 Å². The number of hydrogen-bond acceptors (Lipinski definition) is 3. The van der Waals surface area contributed by atoms with Crippen LogP contribution in [0.15, 0.2) is 0 Å². The Labute approximate surface area is 96.4 Å². The van der Waals surface area contributed by atoms with Gasteiger partial charge in [0, 0.05) is 6.54 Å². The molecule has 0 aromatic carbocycles. The lowest BCUT2D eigenvalue weighted by Gasteiger charge is -2.15. The van der Waals surface area contributed by atoms with Crippen molar-refractivity contribution in [1.29, 1.82) is 0 Å². The summed E-state index contributed by atoms with van der Waals surface area (Å²) in [6.07, 6.45) is 10.4. The summed E-state index contributed by atoms with van der Waals surface area (Å²) in [7, 11) is 0. The first-order valence-electron chi connectivity index (χ1n) is 6.61. The molecule has 0 bridgehead atoms. The van der Waals surface area contributed by atoms with Crippen LogP contribution in [-0.4, -0.2) is 21.6 Å². The van der Waals surface area contributed by atoms with Crippen molar-refractivity contribution < 1.29 is 0 Å². The van der Waals surface area contributed by atoms with Gasteiger partial charge >= 0.3 is 0 Å². The number of hydrogen-bond donors (Lipinski definition) is 1.